The van der Waals surface area contributed by atoms with Crippen molar-refractivity contribution in [2.24, 2.45) is 5.73 Å². The number of aromatic nitrogens is 1. The van der Waals surface area contributed by atoms with Crippen molar-refractivity contribution >= 4 is 27.4 Å². The van der Waals surface area contributed by atoms with Gasteiger partial charge in [0, 0.05) is 17.8 Å². The van der Waals surface area contributed by atoms with E-state index in [-0.39, 0.29) is 10.7 Å². The summed E-state index contributed by atoms with van der Waals surface area (Å²) >= 11 is 5.77. The van der Waals surface area contributed by atoms with Crippen LogP contribution >= 0.6 is 11.6 Å². The van der Waals surface area contributed by atoms with Gasteiger partial charge in [-0.25, -0.2) is 13.4 Å². The van der Waals surface area contributed by atoms with Gasteiger partial charge in [0.1, 0.15) is 5.82 Å². The van der Waals surface area contributed by atoms with Crippen molar-refractivity contribution in [1.82, 2.24) is 4.98 Å². The molecule has 0 aliphatic heterocycles. The maximum Gasteiger partial charge on any atom is 0.263 e. The van der Waals surface area contributed by atoms with E-state index in [1.54, 1.807) is 24.3 Å². The van der Waals surface area contributed by atoms with E-state index in [2.05, 4.69) is 9.71 Å². The van der Waals surface area contributed by atoms with Gasteiger partial charge in [-0.05, 0) is 29.8 Å². The molecule has 0 unspecified atom stereocenters. The highest BCUT2D eigenvalue weighted by molar-refractivity contribution is 7.92. The van der Waals surface area contributed by atoms with Gasteiger partial charge >= 0.3 is 0 Å². The topological polar surface area (TPSA) is 85.1 Å². The van der Waals surface area contributed by atoms with Gasteiger partial charge in [0.2, 0.25) is 0 Å². The maximum atomic E-state index is 12.1. The fraction of sp³-hybridized carbons (Fsp3) is 0.0833. The molecule has 2 aromatic rings. The van der Waals surface area contributed by atoms with Gasteiger partial charge in [0.15, 0.2) is 0 Å². The molecule has 0 atom stereocenters. The van der Waals surface area contributed by atoms with Gasteiger partial charge in [-0.15, -0.1) is 0 Å². The molecular formula is C12H12ClN3O2S. The van der Waals surface area contributed by atoms with Gasteiger partial charge in [0.05, 0.1) is 4.90 Å². The molecule has 0 aliphatic carbocycles. The van der Waals surface area contributed by atoms with Crippen LogP contribution in [-0.4, -0.2) is 13.4 Å². The number of benzene rings is 1. The molecule has 0 spiro atoms. The molecule has 2 rings (SSSR count). The number of sulfonamides is 1. The van der Waals surface area contributed by atoms with Crippen LogP contribution in [0.2, 0.25) is 5.02 Å². The predicted octanol–water partition coefficient (Wildman–Crippen LogP) is 1.99. The first-order valence-corrected chi connectivity index (χ1v) is 7.31. The van der Waals surface area contributed by atoms with Crippen LogP contribution in [0.1, 0.15) is 5.56 Å². The average molecular weight is 298 g/mol. The Balaban J connectivity index is 2.25. The minimum absolute atomic E-state index is 0.0877. The third-order valence-electron chi connectivity index (χ3n) is 2.41. The highest BCUT2D eigenvalue weighted by atomic mass is 35.5. The first kappa shape index (κ1) is 13.8. The van der Waals surface area contributed by atoms with Crippen molar-refractivity contribution in [3.8, 4) is 0 Å². The number of nitrogens with zero attached hydrogens (tertiary/aromatic N) is 1. The average Bonchev–Trinajstić information content (AvgIpc) is 2.39. The van der Waals surface area contributed by atoms with Crippen molar-refractivity contribution in [2.75, 3.05) is 4.72 Å². The maximum absolute atomic E-state index is 12.1. The van der Waals surface area contributed by atoms with Crippen LogP contribution in [0.25, 0.3) is 0 Å². The van der Waals surface area contributed by atoms with E-state index in [1.807, 2.05) is 0 Å². The van der Waals surface area contributed by atoms with Crippen molar-refractivity contribution in [3.05, 3.63) is 53.2 Å². The number of rotatable bonds is 4. The molecule has 100 valence electrons. The fourth-order valence-corrected chi connectivity index (χ4v) is 2.75. The van der Waals surface area contributed by atoms with Crippen LogP contribution in [-0.2, 0) is 16.6 Å². The largest absolute Gasteiger partial charge is 0.326 e. The minimum atomic E-state index is -3.68. The van der Waals surface area contributed by atoms with E-state index in [1.165, 1.54) is 18.3 Å². The van der Waals surface area contributed by atoms with E-state index in [0.29, 0.717) is 11.6 Å². The lowest BCUT2D eigenvalue weighted by molar-refractivity contribution is 0.601. The summed E-state index contributed by atoms with van der Waals surface area (Å²) in [4.78, 5) is 4.07. The first-order valence-electron chi connectivity index (χ1n) is 5.44. The molecule has 19 heavy (non-hydrogen) atoms. The summed E-state index contributed by atoms with van der Waals surface area (Å²) in [6, 6.07) is 9.28. The Morgan fingerprint density at radius 2 is 2.05 bits per heavy atom. The number of halogens is 1. The Morgan fingerprint density at radius 3 is 2.63 bits per heavy atom. The van der Waals surface area contributed by atoms with Crippen LogP contribution in [0, 0.1) is 0 Å². The van der Waals surface area contributed by atoms with E-state index < -0.39 is 10.0 Å². The number of nitrogens with one attached hydrogen (secondary N) is 1. The van der Waals surface area contributed by atoms with Crippen molar-refractivity contribution in [2.45, 2.75) is 11.4 Å². The molecule has 3 N–H and O–H groups in total. The second-order valence-electron chi connectivity index (χ2n) is 3.82. The zero-order valence-corrected chi connectivity index (χ0v) is 11.4. The molecule has 0 fully saturated rings. The summed E-state index contributed by atoms with van der Waals surface area (Å²) < 4.78 is 26.5. The highest BCUT2D eigenvalue weighted by Crippen LogP contribution is 2.18. The summed E-state index contributed by atoms with van der Waals surface area (Å²) in [5.74, 6) is 0.233. The zero-order chi connectivity index (χ0) is 13.9. The summed E-state index contributed by atoms with van der Waals surface area (Å²) in [5, 5.41) is 0.356. The Bertz CT molecular complexity index is 672. The third-order valence-corrected chi connectivity index (χ3v) is 3.99. The van der Waals surface area contributed by atoms with Crippen LogP contribution < -0.4 is 10.5 Å². The zero-order valence-electron chi connectivity index (χ0n) is 9.88. The number of nitrogens with two attached hydrogens (primary N) is 1. The normalized spacial score (nSPS) is 11.3. The van der Waals surface area contributed by atoms with Crippen LogP contribution in [0.3, 0.4) is 0 Å². The standard InChI is InChI=1S/C12H12ClN3O2S/c13-10-2-1-3-11(6-10)19(17,18)16-12-5-4-9(7-14)8-15-12/h1-6,8H,7,14H2,(H,15,16). The number of hydrogen-bond acceptors (Lipinski definition) is 4. The molecule has 0 saturated carbocycles. The second kappa shape index (κ2) is 5.56. The summed E-state index contributed by atoms with van der Waals surface area (Å²) in [5.41, 5.74) is 6.27. The number of pyridine rings is 1. The molecule has 0 amide bonds. The van der Waals surface area contributed by atoms with E-state index in [9.17, 15) is 8.42 Å². The summed E-state index contributed by atoms with van der Waals surface area (Å²) in [6.07, 6.45) is 1.52. The number of hydrogen-bond donors (Lipinski definition) is 2. The molecule has 1 aromatic carbocycles. The van der Waals surface area contributed by atoms with Crippen LogP contribution in [0.15, 0.2) is 47.5 Å². The molecule has 0 bridgehead atoms. The molecule has 5 nitrogen and oxygen atoms in total. The highest BCUT2D eigenvalue weighted by Gasteiger charge is 2.14. The van der Waals surface area contributed by atoms with Gasteiger partial charge in [0.25, 0.3) is 10.0 Å². The quantitative estimate of drug-likeness (QED) is 0.904. The van der Waals surface area contributed by atoms with Crippen LogP contribution in [0.4, 0.5) is 5.82 Å². The Hall–Kier alpha value is -1.63. The van der Waals surface area contributed by atoms with Gasteiger partial charge < -0.3 is 5.73 Å². The minimum Gasteiger partial charge on any atom is -0.326 e. The molecule has 1 aromatic heterocycles. The second-order valence-corrected chi connectivity index (χ2v) is 5.94. The van der Waals surface area contributed by atoms with Gasteiger partial charge in [-0.3, -0.25) is 4.72 Å². The Morgan fingerprint density at radius 1 is 1.26 bits per heavy atom. The smallest absolute Gasteiger partial charge is 0.263 e. The van der Waals surface area contributed by atoms with Crippen molar-refractivity contribution < 1.29 is 8.42 Å². The lowest BCUT2D eigenvalue weighted by atomic mass is 10.3. The number of anilines is 1. The lowest BCUT2D eigenvalue weighted by Gasteiger charge is -2.07. The molecule has 0 radical (unpaired) electrons. The van der Waals surface area contributed by atoms with E-state index in [4.69, 9.17) is 17.3 Å². The fourth-order valence-electron chi connectivity index (χ4n) is 1.44. The van der Waals surface area contributed by atoms with Crippen molar-refractivity contribution in [3.63, 3.8) is 0 Å². The van der Waals surface area contributed by atoms with E-state index in [0.717, 1.165) is 5.56 Å². The SMILES string of the molecule is NCc1ccc(NS(=O)(=O)c2cccc(Cl)c2)nc1. The molecule has 7 heteroatoms. The Labute approximate surface area is 116 Å². The van der Waals surface area contributed by atoms with Crippen molar-refractivity contribution in [1.29, 1.82) is 0 Å². The summed E-state index contributed by atoms with van der Waals surface area (Å²) in [7, 11) is -3.68. The Kier molecular flexibility index (Phi) is 4.04. The predicted molar refractivity (Wildman–Crippen MR) is 74.4 cm³/mol. The monoisotopic (exact) mass is 297 g/mol. The lowest BCUT2D eigenvalue weighted by Crippen LogP contribution is -2.14. The van der Waals surface area contributed by atoms with E-state index >= 15 is 0 Å². The molecule has 0 saturated heterocycles. The summed E-state index contributed by atoms with van der Waals surface area (Å²) in [6.45, 7) is 0.355. The molecule has 1 heterocycles. The molecular weight excluding hydrogens is 286 g/mol. The van der Waals surface area contributed by atoms with Gasteiger partial charge in [-0.2, -0.15) is 0 Å². The first-order chi connectivity index (χ1) is 9.01. The van der Waals surface area contributed by atoms with Crippen LogP contribution in [0.5, 0.6) is 0 Å². The van der Waals surface area contributed by atoms with Gasteiger partial charge in [-0.1, -0.05) is 23.7 Å². The third kappa shape index (κ3) is 3.44. The molecule has 0 aliphatic rings.